The normalized spacial score (nSPS) is 33.0. The summed E-state index contributed by atoms with van der Waals surface area (Å²) in [5.41, 5.74) is 0.411. The van der Waals surface area contributed by atoms with E-state index in [-0.39, 0.29) is 11.7 Å². The average Bonchev–Trinajstić information content (AvgIpc) is 3.02. The minimum Gasteiger partial charge on any atom is -0.388 e. The van der Waals surface area contributed by atoms with Crippen LogP contribution in [0.5, 0.6) is 0 Å². The van der Waals surface area contributed by atoms with Gasteiger partial charge in [0.05, 0.1) is 6.10 Å². The van der Waals surface area contributed by atoms with Gasteiger partial charge < -0.3 is 5.11 Å². The summed E-state index contributed by atoms with van der Waals surface area (Å²) in [6, 6.07) is 4.55. The Kier molecular flexibility index (Phi) is 2.87. The molecular formula is C14H16ClFO. The predicted octanol–water partition coefficient (Wildman–Crippen LogP) is 3.95. The third kappa shape index (κ3) is 1.98. The van der Waals surface area contributed by atoms with E-state index >= 15 is 0 Å². The van der Waals surface area contributed by atoms with Crippen molar-refractivity contribution in [1.29, 1.82) is 0 Å². The first-order chi connectivity index (χ1) is 8.18. The molecule has 0 heterocycles. The van der Waals surface area contributed by atoms with Crippen LogP contribution in [-0.4, -0.2) is 5.11 Å². The van der Waals surface area contributed by atoms with Crippen LogP contribution in [0.2, 0.25) is 5.02 Å². The molecule has 3 unspecified atom stereocenters. The lowest BCUT2D eigenvalue weighted by molar-refractivity contribution is 0.138. The molecule has 3 rings (SSSR count). The Bertz CT molecular complexity index is 422. The number of aliphatic hydroxyl groups excluding tert-OH is 1. The van der Waals surface area contributed by atoms with Crippen LogP contribution >= 0.6 is 11.6 Å². The number of halogens is 2. The van der Waals surface area contributed by atoms with E-state index in [0.29, 0.717) is 22.4 Å². The molecule has 3 heteroatoms. The molecule has 1 nitrogen and oxygen atoms in total. The lowest BCUT2D eigenvalue weighted by Gasteiger charge is -2.12. The molecule has 0 aromatic heterocycles. The quantitative estimate of drug-likeness (QED) is 0.847. The minimum absolute atomic E-state index is 0.271. The summed E-state index contributed by atoms with van der Waals surface area (Å²) in [5, 5.41) is 10.7. The molecule has 2 fully saturated rings. The molecule has 2 saturated carbocycles. The van der Waals surface area contributed by atoms with E-state index in [0.717, 1.165) is 0 Å². The highest BCUT2D eigenvalue weighted by atomic mass is 35.5. The number of rotatable bonds is 2. The van der Waals surface area contributed by atoms with Crippen molar-refractivity contribution < 1.29 is 9.50 Å². The van der Waals surface area contributed by atoms with Crippen LogP contribution < -0.4 is 0 Å². The first-order valence-electron chi connectivity index (χ1n) is 6.31. The van der Waals surface area contributed by atoms with Gasteiger partial charge in [0.15, 0.2) is 0 Å². The monoisotopic (exact) mass is 254 g/mol. The van der Waals surface area contributed by atoms with Gasteiger partial charge in [-0.25, -0.2) is 4.39 Å². The van der Waals surface area contributed by atoms with Gasteiger partial charge in [-0.2, -0.15) is 0 Å². The summed E-state index contributed by atoms with van der Waals surface area (Å²) in [4.78, 5) is 0. The molecule has 1 aromatic carbocycles. The summed E-state index contributed by atoms with van der Waals surface area (Å²) in [6.45, 7) is 0. The van der Waals surface area contributed by atoms with Crippen LogP contribution in [0.25, 0.3) is 0 Å². The molecule has 0 aliphatic heterocycles. The number of fused-ring (bicyclic) bond motifs is 1. The van der Waals surface area contributed by atoms with Gasteiger partial charge in [-0.1, -0.05) is 30.5 Å². The Morgan fingerprint density at radius 1 is 1.24 bits per heavy atom. The largest absolute Gasteiger partial charge is 0.388 e. The van der Waals surface area contributed by atoms with E-state index in [4.69, 9.17) is 11.6 Å². The summed E-state index contributed by atoms with van der Waals surface area (Å²) in [5.74, 6) is 1.13. The summed E-state index contributed by atoms with van der Waals surface area (Å²) in [7, 11) is 0. The average molecular weight is 255 g/mol. The van der Waals surface area contributed by atoms with Crippen LogP contribution in [0, 0.1) is 23.6 Å². The van der Waals surface area contributed by atoms with Gasteiger partial charge in [0.1, 0.15) is 5.82 Å². The van der Waals surface area contributed by atoms with Gasteiger partial charge in [-0.05, 0) is 42.7 Å². The van der Waals surface area contributed by atoms with E-state index in [2.05, 4.69) is 0 Å². The van der Waals surface area contributed by atoms with Gasteiger partial charge in [0.2, 0.25) is 0 Å². The van der Waals surface area contributed by atoms with Crippen molar-refractivity contribution in [1.82, 2.24) is 0 Å². The Labute approximate surface area is 106 Å². The van der Waals surface area contributed by atoms with E-state index in [1.807, 2.05) is 0 Å². The van der Waals surface area contributed by atoms with Crippen LogP contribution in [0.4, 0.5) is 4.39 Å². The standard InChI is InChI=1S/C14H16ClFO/c15-8-5-6-11(12(16)7-8)14(17)13-9-3-1-2-4-10(9)13/h5-7,9-10,13-14,17H,1-4H2. The molecule has 1 N–H and O–H groups in total. The van der Waals surface area contributed by atoms with E-state index in [1.165, 1.54) is 31.7 Å². The Balaban J connectivity index is 1.80. The predicted molar refractivity (Wildman–Crippen MR) is 65.3 cm³/mol. The summed E-state index contributed by atoms with van der Waals surface area (Å²) in [6.07, 6.45) is 4.25. The van der Waals surface area contributed by atoms with E-state index < -0.39 is 6.10 Å². The third-order valence-electron chi connectivity index (χ3n) is 4.37. The van der Waals surface area contributed by atoms with Gasteiger partial charge in [0, 0.05) is 10.6 Å². The fraction of sp³-hybridized carbons (Fsp3) is 0.571. The van der Waals surface area contributed by atoms with Gasteiger partial charge in [-0.15, -0.1) is 0 Å². The van der Waals surface area contributed by atoms with E-state index in [9.17, 15) is 9.50 Å². The number of benzene rings is 1. The lowest BCUT2D eigenvalue weighted by Crippen LogP contribution is -2.05. The molecule has 1 aromatic rings. The van der Waals surface area contributed by atoms with Crippen LogP contribution in [-0.2, 0) is 0 Å². The maximum Gasteiger partial charge on any atom is 0.130 e. The zero-order valence-corrected chi connectivity index (χ0v) is 10.3. The summed E-state index contributed by atoms with van der Waals surface area (Å²) >= 11 is 5.72. The van der Waals surface area contributed by atoms with Crippen LogP contribution in [0.1, 0.15) is 37.4 Å². The Morgan fingerprint density at radius 3 is 2.47 bits per heavy atom. The maximum absolute atomic E-state index is 13.7. The summed E-state index contributed by atoms with van der Waals surface area (Å²) < 4.78 is 13.7. The van der Waals surface area contributed by atoms with Crippen molar-refractivity contribution in [2.75, 3.05) is 0 Å². The highest BCUT2D eigenvalue weighted by molar-refractivity contribution is 6.30. The topological polar surface area (TPSA) is 20.2 Å². The number of hydrogen-bond donors (Lipinski definition) is 1. The van der Waals surface area contributed by atoms with Crippen LogP contribution in [0.15, 0.2) is 18.2 Å². The molecule has 0 bridgehead atoms. The lowest BCUT2D eigenvalue weighted by atomic mass is 10.0. The zero-order valence-electron chi connectivity index (χ0n) is 9.57. The molecule has 2 aliphatic carbocycles. The Hall–Kier alpha value is -0.600. The van der Waals surface area contributed by atoms with Crippen molar-refractivity contribution >= 4 is 11.6 Å². The number of aliphatic hydroxyl groups is 1. The maximum atomic E-state index is 13.7. The highest BCUT2D eigenvalue weighted by Crippen LogP contribution is 2.60. The molecule has 92 valence electrons. The second-order valence-electron chi connectivity index (χ2n) is 5.30. The first kappa shape index (κ1) is 11.5. The minimum atomic E-state index is -0.652. The Morgan fingerprint density at radius 2 is 1.88 bits per heavy atom. The smallest absolute Gasteiger partial charge is 0.130 e. The van der Waals surface area contributed by atoms with Crippen LogP contribution in [0.3, 0.4) is 0 Å². The zero-order chi connectivity index (χ0) is 12.0. The fourth-order valence-electron chi connectivity index (χ4n) is 3.46. The molecule has 2 aliphatic rings. The van der Waals surface area contributed by atoms with Gasteiger partial charge in [-0.3, -0.25) is 0 Å². The molecule has 0 amide bonds. The third-order valence-corrected chi connectivity index (χ3v) is 4.60. The van der Waals surface area contributed by atoms with Crippen molar-refractivity contribution in [2.45, 2.75) is 31.8 Å². The van der Waals surface area contributed by atoms with Crippen molar-refractivity contribution in [3.8, 4) is 0 Å². The molecule has 17 heavy (non-hydrogen) atoms. The molecular weight excluding hydrogens is 239 g/mol. The molecule has 0 radical (unpaired) electrons. The molecule has 3 atom stereocenters. The number of hydrogen-bond acceptors (Lipinski definition) is 1. The highest BCUT2D eigenvalue weighted by Gasteiger charge is 2.54. The van der Waals surface area contributed by atoms with Crippen molar-refractivity contribution in [3.63, 3.8) is 0 Å². The molecule has 0 spiro atoms. The van der Waals surface area contributed by atoms with Gasteiger partial charge in [0.25, 0.3) is 0 Å². The van der Waals surface area contributed by atoms with Gasteiger partial charge >= 0.3 is 0 Å². The SMILES string of the molecule is OC(c1ccc(Cl)cc1F)C1C2CCCCC21. The first-order valence-corrected chi connectivity index (χ1v) is 6.69. The van der Waals surface area contributed by atoms with Crippen molar-refractivity contribution in [3.05, 3.63) is 34.6 Å². The fourth-order valence-corrected chi connectivity index (χ4v) is 3.62. The molecule has 0 saturated heterocycles. The second kappa shape index (κ2) is 4.25. The van der Waals surface area contributed by atoms with Crippen molar-refractivity contribution in [2.24, 2.45) is 17.8 Å². The van der Waals surface area contributed by atoms with E-state index in [1.54, 1.807) is 12.1 Å². The second-order valence-corrected chi connectivity index (χ2v) is 5.74.